The number of benzene rings is 1. The van der Waals surface area contributed by atoms with Crippen LogP contribution in [0, 0.1) is 0 Å². The maximum atomic E-state index is 12.4. The van der Waals surface area contributed by atoms with Crippen LogP contribution in [0.15, 0.2) is 36.5 Å². The van der Waals surface area contributed by atoms with E-state index in [1.54, 1.807) is 6.20 Å². The van der Waals surface area contributed by atoms with Gasteiger partial charge in [-0.2, -0.15) is 13.2 Å². The Hall–Kier alpha value is -2.22. The number of hydrogen-bond donors (Lipinski definition) is 1. The SMILES string of the molecule is FC(F)(F)c1nnc(NCc2cccc3cccnc23)s1. The molecule has 8 heteroatoms. The van der Waals surface area contributed by atoms with E-state index < -0.39 is 11.2 Å². The number of aromatic nitrogens is 3. The summed E-state index contributed by atoms with van der Waals surface area (Å²) in [4.78, 5) is 4.29. The van der Waals surface area contributed by atoms with Crippen molar-refractivity contribution in [2.75, 3.05) is 5.32 Å². The third-order valence-electron chi connectivity index (χ3n) is 2.81. The third-order valence-corrected chi connectivity index (χ3v) is 3.74. The van der Waals surface area contributed by atoms with Crippen LogP contribution in [-0.4, -0.2) is 15.2 Å². The molecule has 1 N–H and O–H groups in total. The molecule has 2 heterocycles. The number of pyridine rings is 1. The van der Waals surface area contributed by atoms with Gasteiger partial charge in [0.2, 0.25) is 10.1 Å². The van der Waals surface area contributed by atoms with E-state index in [1.165, 1.54) is 0 Å². The minimum absolute atomic E-state index is 0.134. The van der Waals surface area contributed by atoms with Crippen LogP contribution in [0.25, 0.3) is 10.9 Å². The largest absolute Gasteiger partial charge is 0.445 e. The summed E-state index contributed by atoms with van der Waals surface area (Å²) in [6.07, 6.45) is -2.78. The summed E-state index contributed by atoms with van der Waals surface area (Å²) in [5.74, 6) is 0. The zero-order chi connectivity index (χ0) is 14.9. The topological polar surface area (TPSA) is 50.7 Å². The summed E-state index contributed by atoms with van der Waals surface area (Å²) >= 11 is 0.486. The maximum Gasteiger partial charge on any atom is 0.445 e. The maximum absolute atomic E-state index is 12.4. The summed E-state index contributed by atoms with van der Waals surface area (Å²) < 4.78 is 37.3. The predicted octanol–water partition coefficient (Wildman–Crippen LogP) is 3.72. The molecule has 0 radical (unpaired) electrons. The zero-order valence-electron chi connectivity index (χ0n) is 10.6. The Balaban J connectivity index is 1.79. The predicted molar refractivity (Wildman–Crippen MR) is 74.0 cm³/mol. The molecule has 0 fully saturated rings. The van der Waals surface area contributed by atoms with Crippen molar-refractivity contribution in [2.24, 2.45) is 0 Å². The van der Waals surface area contributed by atoms with Crippen molar-refractivity contribution in [1.29, 1.82) is 0 Å². The van der Waals surface area contributed by atoms with E-state index in [4.69, 9.17) is 0 Å². The van der Waals surface area contributed by atoms with E-state index >= 15 is 0 Å². The van der Waals surface area contributed by atoms with Gasteiger partial charge in [0.1, 0.15) is 0 Å². The molecule has 3 aromatic rings. The van der Waals surface area contributed by atoms with Crippen molar-refractivity contribution in [3.63, 3.8) is 0 Å². The molecule has 0 saturated carbocycles. The van der Waals surface area contributed by atoms with Gasteiger partial charge in [0.15, 0.2) is 0 Å². The number of para-hydroxylation sites is 1. The molecule has 3 rings (SSSR count). The fourth-order valence-electron chi connectivity index (χ4n) is 1.89. The number of hydrogen-bond acceptors (Lipinski definition) is 5. The Morgan fingerprint density at radius 3 is 2.67 bits per heavy atom. The number of nitrogens with one attached hydrogen (secondary N) is 1. The van der Waals surface area contributed by atoms with Crippen molar-refractivity contribution in [3.8, 4) is 0 Å². The van der Waals surface area contributed by atoms with Crippen molar-refractivity contribution < 1.29 is 13.2 Å². The molecular weight excluding hydrogens is 301 g/mol. The first kappa shape index (κ1) is 13.7. The molecule has 0 aliphatic carbocycles. The first-order chi connectivity index (χ1) is 10.0. The average Bonchev–Trinajstić information content (AvgIpc) is 2.94. The van der Waals surface area contributed by atoms with Crippen LogP contribution in [-0.2, 0) is 12.7 Å². The summed E-state index contributed by atoms with van der Waals surface area (Å²) in [6.45, 7) is 0.334. The van der Waals surface area contributed by atoms with Gasteiger partial charge in [-0.25, -0.2) is 0 Å². The van der Waals surface area contributed by atoms with Crippen LogP contribution in [0.1, 0.15) is 10.6 Å². The monoisotopic (exact) mass is 310 g/mol. The highest BCUT2D eigenvalue weighted by molar-refractivity contribution is 7.15. The standard InChI is InChI=1S/C13H9F3N4S/c14-13(15,16)11-19-20-12(21-11)18-7-9-4-1-3-8-5-2-6-17-10(8)9/h1-6H,7H2,(H,18,20). The number of fused-ring (bicyclic) bond motifs is 1. The van der Waals surface area contributed by atoms with E-state index in [1.807, 2.05) is 30.3 Å². The minimum Gasteiger partial charge on any atom is -0.356 e. The van der Waals surface area contributed by atoms with Gasteiger partial charge in [0.25, 0.3) is 0 Å². The van der Waals surface area contributed by atoms with Crippen molar-refractivity contribution in [2.45, 2.75) is 12.7 Å². The van der Waals surface area contributed by atoms with Gasteiger partial charge in [-0.3, -0.25) is 4.98 Å². The lowest BCUT2D eigenvalue weighted by molar-refractivity contribution is -0.138. The Morgan fingerprint density at radius 2 is 1.90 bits per heavy atom. The normalized spacial score (nSPS) is 11.8. The second-order valence-electron chi connectivity index (χ2n) is 4.26. The van der Waals surface area contributed by atoms with E-state index in [2.05, 4.69) is 20.5 Å². The molecule has 21 heavy (non-hydrogen) atoms. The molecule has 0 amide bonds. The number of anilines is 1. The van der Waals surface area contributed by atoms with E-state index in [0.29, 0.717) is 17.9 Å². The Kier molecular flexibility index (Phi) is 3.46. The fourth-order valence-corrected chi connectivity index (χ4v) is 2.50. The van der Waals surface area contributed by atoms with Crippen molar-refractivity contribution in [1.82, 2.24) is 15.2 Å². The van der Waals surface area contributed by atoms with Gasteiger partial charge in [-0.15, -0.1) is 10.2 Å². The molecule has 0 spiro atoms. The molecule has 0 unspecified atom stereocenters. The minimum atomic E-state index is -4.46. The van der Waals surface area contributed by atoms with Crippen molar-refractivity contribution in [3.05, 3.63) is 47.1 Å². The lowest BCUT2D eigenvalue weighted by Crippen LogP contribution is -2.03. The lowest BCUT2D eigenvalue weighted by atomic mass is 10.1. The first-order valence-electron chi connectivity index (χ1n) is 6.01. The lowest BCUT2D eigenvalue weighted by Gasteiger charge is -2.05. The van der Waals surface area contributed by atoms with Crippen molar-refractivity contribution >= 4 is 27.4 Å². The van der Waals surface area contributed by atoms with Crippen LogP contribution in [0.5, 0.6) is 0 Å². The molecule has 108 valence electrons. The fraction of sp³-hybridized carbons (Fsp3) is 0.154. The van der Waals surface area contributed by atoms with Crippen LogP contribution >= 0.6 is 11.3 Å². The highest BCUT2D eigenvalue weighted by atomic mass is 32.1. The molecule has 4 nitrogen and oxygen atoms in total. The van der Waals surface area contributed by atoms with Crippen LogP contribution in [0.3, 0.4) is 0 Å². The Bertz CT molecular complexity index is 764. The van der Waals surface area contributed by atoms with E-state index in [-0.39, 0.29) is 5.13 Å². The highest BCUT2D eigenvalue weighted by Crippen LogP contribution is 2.33. The number of alkyl halides is 3. The molecule has 1 aromatic carbocycles. The van der Waals surface area contributed by atoms with E-state index in [9.17, 15) is 13.2 Å². The van der Waals surface area contributed by atoms with Gasteiger partial charge in [-0.1, -0.05) is 35.6 Å². The molecule has 2 aromatic heterocycles. The summed E-state index contributed by atoms with van der Waals surface area (Å²) in [5, 5.41) is 9.63. The number of nitrogens with zero attached hydrogens (tertiary/aromatic N) is 3. The van der Waals surface area contributed by atoms with Crippen LogP contribution in [0.2, 0.25) is 0 Å². The van der Waals surface area contributed by atoms with E-state index in [0.717, 1.165) is 16.5 Å². The Morgan fingerprint density at radius 1 is 1.10 bits per heavy atom. The summed E-state index contributed by atoms with van der Waals surface area (Å²) in [5.41, 5.74) is 1.70. The molecule has 0 aliphatic heterocycles. The highest BCUT2D eigenvalue weighted by Gasteiger charge is 2.35. The van der Waals surface area contributed by atoms with Gasteiger partial charge in [-0.05, 0) is 11.6 Å². The smallest absolute Gasteiger partial charge is 0.356 e. The molecule has 0 bridgehead atoms. The van der Waals surface area contributed by atoms with Gasteiger partial charge >= 0.3 is 6.18 Å². The van der Waals surface area contributed by atoms with Gasteiger partial charge in [0, 0.05) is 18.1 Å². The zero-order valence-corrected chi connectivity index (χ0v) is 11.4. The molecule has 0 aliphatic rings. The quantitative estimate of drug-likeness (QED) is 0.801. The molecule has 0 saturated heterocycles. The van der Waals surface area contributed by atoms with Gasteiger partial charge < -0.3 is 5.32 Å². The Labute approximate surface area is 121 Å². The van der Waals surface area contributed by atoms with Crippen LogP contribution in [0.4, 0.5) is 18.3 Å². The second-order valence-corrected chi connectivity index (χ2v) is 5.23. The molecule has 0 atom stereocenters. The third kappa shape index (κ3) is 2.94. The molecular formula is C13H9F3N4S. The van der Waals surface area contributed by atoms with Gasteiger partial charge in [0.05, 0.1) is 5.52 Å². The van der Waals surface area contributed by atoms with Crippen LogP contribution < -0.4 is 5.32 Å². The average molecular weight is 310 g/mol. The summed E-state index contributed by atoms with van der Waals surface area (Å²) in [6, 6.07) is 9.44. The number of rotatable bonds is 3. The summed E-state index contributed by atoms with van der Waals surface area (Å²) in [7, 11) is 0. The first-order valence-corrected chi connectivity index (χ1v) is 6.83. The number of halogens is 3. The second kappa shape index (κ2) is 5.28.